The van der Waals surface area contributed by atoms with E-state index in [1.807, 2.05) is 72.8 Å². The zero-order valence-electron chi connectivity index (χ0n) is 27.6. The predicted molar refractivity (Wildman–Crippen MR) is 197 cm³/mol. The zero-order chi connectivity index (χ0) is 30.1. The van der Waals surface area contributed by atoms with E-state index in [2.05, 4.69) is 87.7 Å². The maximum atomic E-state index is 6.08. The fraction of sp³-hybridized carbons (Fsp3) is 0.263. The van der Waals surface area contributed by atoms with Crippen molar-refractivity contribution in [3.8, 4) is 0 Å². The zero-order valence-corrected chi connectivity index (χ0v) is 31.9. The summed E-state index contributed by atoms with van der Waals surface area (Å²) in [6.45, 7) is 15.0. The van der Waals surface area contributed by atoms with Crippen LogP contribution in [0.2, 0.25) is 13.6 Å². The standard InChI is InChI=1S/2C9H12.2C8H8.2CH4B.2CH4.2Ce.H2O/c2*1-2-6-9-7-4-3-5-8-9;2*1-2-8-6-4-3-5-7-8;2*1-2;;;;;/h2*3-5,7-8H,2,6H2,1H3;2*2-7H,1H2;2*2H,1H3;2*1H4;;;1H2/i;;;;2*2T;;;;;. The van der Waals surface area contributed by atoms with Gasteiger partial charge in [0.25, 0.3) is 0 Å². The summed E-state index contributed by atoms with van der Waals surface area (Å²) in [6, 6.07) is 41.2. The number of hydrogen-bond donors (Lipinski definition) is 0. The molecule has 4 aromatic rings. The Bertz CT molecular complexity index is 957. The molecule has 0 saturated heterocycles. The minimum absolute atomic E-state index is 0. The molecule has 0 fully saturated rings. The van der Waals surface area contributed by atoms with Crippen LogP contribution in [0.1, 0.15) is 63.8 Å². The van der Waals surface area contributed by atoms with Crippen LogP contribution in [0.25, 0.3) is 12.2 Å². The Morgan fingerprint density at radius 1 is 0.535 bits per heavy atom. The summed E-state index contributed by atoms with van der Waals surface area (Å²) < 4.78 is 12.2. The molecule has 0 aliphatic heterocycles. The molecule has 43 heavy (non-hydrogen) atoms. The van der Waals surface area contributed by atoms with Gasteiger partial charge in [-0.1, -0.05) is 202 Å². The van der Waals surface area contributed by atoms with Crippen LogP contribution in [0.5, 0.6) is 0 Å². The molecule has 2 radical (unpaired) electrons. The monoisotopic (exact) mass is 836 g/mol. The van der Waals surface area contributed by atoms with Crippen molar-refractivity contribution in [3.63, 3.8) is 0 Å². The smallest absolute Gasteiger partial charge is 0.0823 e. The summed E-state index contributed by atoms with van der Waals surface area (Å²) >= 11 is 0. The fourth-order valence-corrected chi connectivity index (χ4v) is 3.04. The second kappa shape index (κ2) is 48.1. The number of benzene rings is 4. The summed E-state index contributed by atoms with van der Waals surface area (Å²) in [5, 5.41) is 0. The Morgan fingerprint density at radius 2 is 0.744 bits per heavy atom. The van der Waals surface area contributed by atoms with E-state index in [-0.39, 0.29) is 104 Å². The van der Waals surface area contributed by atoms with Crippen LogP contribution in [0, 0.1) is 83.5 Å². The molecular weight excluding hydrogens is 774 g/mol. The van der Waals surface area contributed by atoms with Gasteiger partial charge in [0.2, 0.25) is 0 Å². The van der Waals surface area contributed by atoms with Crippen molar-refractivity contribution in [2.75, 3.05) is 0 Å². The Morgan fingerprint density at radius 3 is 0.907 bits per heavy atom. The maximum absolute atomic E-state index is 6.08. The van der Waals surface area contributed by atoms with Crippen LogP contribution >= 0.6 is 0 Å². The number of rotatable bonds is 6. The van der Waals surface area contributed by atoms with Gasteiger partial charge in [-0.05, 0) is 37.8 Å². The molecule has 0 unspecified atom stereocenters. The van der Waals surface area contributed by atoms with E-state index in [0.717, 1.165) is 0 Å². The molecule has 230 valence electrons. The van der Waals surface area contributed by atoms with Gasteiger partial charge in [-0.25, -0.2) is 0 Å². The number of aryl methyl sites for hydroxylation is 2. The molecule has 0 spiro atoms. The third kappa shape index (κ3) is 37.3. The van der Waals surface area contributed by atoms with E-state index >= 15 is 0 Å². The molecule has 1 nitrogen and oxygen atoms in total. The summed E-state index contributed by atoms with van der Waals surface area (Å²) in [7, 11) is 2.50. The molecular formula is C38H58B2Ce2O. The molecule has 4 rings (SSSR count). The molecule has 0 aliphatic carbocycles. The topological polar surface area (TPSA) is 31.5 Å². The third-order valence-electron chi connectivity index (χ3n) is 4.83. The average molecular weight is 837 g/mol. The Hall–Kier alpha value is -0.797. The Balaban J connectivity index is -0.0000000781. The van der Waals surface area contributed by atoms with Gasteiger partial charge in [0.15, 0.2) is 0 Å². The van der Waals surface area contributed by atoms with Gasteiger partial charge in [-0.2, -0.15) is 0 Å². The van der Waals surface area contributed by atoms with Gasteiger partial charge >= 0.3 is 0 Å². The molecule has 0 amide bonds. The van der Waals surface area contributed by atoms with Crippen LogP contribution in [-0.2, 0) is 12.8 Å². The summed E-state index contributed by atoms with van der Waals surface area (Å²) in [5.74, 6) is 0. The molecule has 2 N–H and O–H groups in total. The van der Waals surface area contributed by atoms with E-state index in [0.29, 0.717) is 0 Å². The van der Waals surface area contributed by atoms with Crippen molar-refractivity contribution in [1.29, 1.82) is 2.67 Å². The van der Waals surface area contributed by atoms with Gasteiger partial charge in [0.05, 0.1) is 15.6 Å². The first-order chi connectivity index (χ1) is 19.6. The normalized spacial score (nSPS) is 7.81. The van der Waals surface area contributed by atoms with Crippen LogP contribution in [0.4, 0.5) is 0 Å². The summed E-state index contributed by atoms with van der Waals surface area (Å²) in [6.07, 6.45) is 8.57. The minimum Gasteiger partial charge on any atom is -0.412 e. The van der Waals surface area contributed by atoms with E-state index in [4.69, 9.17) is 2.67 Å². The van der Waals surface area contributed by atoms with Crippen molar-refractivity contribution in [1.82, 2.24) is 0 Å². The van der Waals surface area contributed by atoms with E-state index in [1.54, 1.807) is 13.6 Å². The SMILES string of the molecule is C.C.C=Cc1ccccc1.C=Cc1ccccc1.CCCc1ccccc1.CCCc1ccccc1.O.[3H][B]C.[3H][B]C.[Ce].[Ce]. The van der Waals surface area contributed by atoms with Gasteiger partial charge in [0, 0.05) is 83.5 Å². The van der Waals surface area contributed by atoms with E-state index < -0.39 is 0 Å². The van der Waals surface area contributed by atoms with Gasteiger partial charge in [-0.15, -0.1) is 0 Å². The van der Waals surface area contributed by atoms with Crippen LogP contribution < -0.4 is 0 Å². The second-order valence-corrected chi connectivity index (χ2v) is 7.70. The molecule has 4 aromatic carbocycles. The quantitative estimate of drug-likeness (QED) is 0.173. The van der Waals surface area contributed by atoms with Crippen LogP contribution in [0.3, 0.4) is 0 Å². The van der Waals surface area contributed by atoms with Crippen LogP contribution in [-0.4, -0.2) is 23.8 Å². The van der Waals surface area contributed by atoms with E-state index in [9.17, 15) is 0 Å². The predicted octanol–water partition coefficient (Wildman–Crippen LogP) is 10.3. The largest absolute Gasteiger partial charge is 0.412 e. The Kier molecular flexibility index (Phi) is 57.9. The summed E-state index contributed by atoms with van der Waals surface area (Å²) in [4.78, 5) is 0. The van der Waals surface area contributed by atoms with Gasteiger partial charge in [-0.3, -0.25) is 0 Å². The third-order valence-corrected chi connectivity index (χ3v) is 4.83. The maximum Gasteiger partial charge on any atom is 0.0823 e. The van der Waals surface area contributed by atoms with Gasteiger partial charge in [0.1, 0.15) is 0 Å². The van der Waals surface area contributed by atoms with Gasteiger partial charge < -0.3 is 5.48 Å². The van der Waals surface area contributed by atoms with Crippen LogP contribution in [0.15, 0.2) is 134 Å². The molecule has 5 heteroatoms. The minimum atomic E-state index is 0. The van der Waals surface area contributed by atoms with Crippen molar-refractivity contribution in [2.24, 2.45) is 0 Å². The first-order valence-electron chi connectivity index (χ1n) is 14.5. The first kappa shape index (κ1) is 51.8. The van der Waals surface area contributed by atoms with Crippen molar-refractivity contribution in [3.05, 3.63) is 157 Å². The molecule has 0 heterocycles. The number of hydrogen-bond acceptors (Lipinski definition) is 0. The average Bonchev–Trinajstić information content (AvgIpc) is 3.01. The second-order valence-electron chi connectivity index (χ2n) is 7.70. The van der Waals surface area contributed by atoms with E-state index in [1.165, 1.54) is 63.6 Å². The first-order valence-corrected chi connectivity index (χ1v) is 13.3. The van der Waals surface area contributed by atoms with Crippen molar-refractivity contribution >= 4 is 27.8 Å². The molecule has 0 aromatic heterocycles. The fourth-order valence-electron chi connectivity index (χ4n) is 3.04. The Labute approximate surface area is 340 Å². The molecule has 0 bridgehead atoms. The van der Waals surface area contributed by atoms with Crippen molar-refractivity contribution in [2.45, 2.75) is 68.0 Å². The summed E-state index contributed by atoms with van der Waals surface area (Å²) in [5.41, 5.74) is 5.24. The molecule has 0 saturated carbocycles. The van der Waals surface area contributed by atoms with Crippen molar-refractivity contribution < 1.29 is 89.0 Å². The molecule has 0 aliphatic rings. The molecule has 0 atom stereocenters.